The van der Waals surface area contributed by atoms with Gasteiger partial charge in [0.05, 0.1) is 24.8 Å². The maximum atomic E-state index is 10.1. The molecule has 0 amide bonds. The van der Waals surface area contributed by atoms with Gasteiger partial charge in [-0.2, -0.15) is 10.5 Å². The Kier molecular flexibility index (Phi) is 2.46. The van der Waals surface area contributed by atoms with E-state index in [0.29, 0.717) is 11.5 Å². The smallest absolute Gasteiger partial charge is 0.293 e. The third kappa shape index (κ3) is 1.34. The minimum absolute atomic E-state index is 0.0771. The van der Waals surface area contributed by atoms with Crippen molar-refractivity contribution in [1.82, 2.24) is 0 Å². The number of hydrogen-bond acceptors (Lipinski definition) is 8. The number of hydrogen-bond donors (Lipinski definition) is 1. The first-order chi connectivity index (χ1) is 12.0. The summed E-state index contributed by atoms with van der Waals surface area (Å²) in [7, 11) is 0. The lowest BCUT2D eigenvalue weighted by Gasteiger charge is -2.26. The molecule has 3 aliphatic heterocycles. The van der Waals surface area contributed by atoms with E-state index in [1.54, 1.807) is 12.1 Å². The van der Waals surface area contributed by atoms with Crippen LogP contribution in [-0.4, -0.2) is 31.3 Å². The average Bonchev–Trinajstić information content (AvgIpc) is 2.90. The fourth-order valence-electron chi connectivity index (χ4n) is 4.45. The Balaban J connectivity index is 1.68. The molecular weight excluding hydrogens is 324 g/mol. The zero-order valence-electron chi connectivity index (χ0n) is 13.4. The van der Waals surface area contributed by atoms with E-state index in [1.807, 2.05) is 13.0 Å². The van der Waals surface area contributed by atoms with Crippen molar-refractivity contribution in [2.45, 2.75) is 24.9 Å². The summed E-state index contributed by atoms with van der Waals surface area (Å²) >= 11 is 0. The lowest BCUT2D eigenvalue weighted by molar-refractivity contribution is -0.193. The second-order valence-corrected chi connectivity index (χ2v) is 6.70. The molecule has 0 radical (unpaired) electrons. The average molecular weight is 338 g/mol. The van der Waals surface area contributed by atoms with Crippen LogP contribution in [0.1, 0.15) is 18.4 Å². The fourth-order valence-corrected chi connectivity index (χ4v) is 4.45. The fraction of sp³-hybridized carbons (Fsp3) is 0.471. The van der Waals surface area contributed by atoms with E-state index in [9.17, 15) is 10.5 Å². The molecule has 5 rings (SSSR count). The third-order valence-corrected chi connectivity index (χ3v) is 5.53. The molecule has 0 bridgehead atoms. The molecule has 1 spiro atoms. The highest BCUT2D eigenvalue weighted by Crippen LogP contribution is 2.82. The summed E-state index contributed by atoms with van der Waals surface area (Å²) in [6.45, 7) is 2.26. The van der Waals surface area contributed by atoms with Crippen LogP contribution < -0.4 is 15.2 Å². The molecular formula is C17H14N4O4. The summed E-state index contributed by atoms with van der Waals surface area (Å²) in [5, 5.41) is 20.0. The second kappa shape index (κ2) is 4.23. The van der Waals surface area contributed by atoms with Crippen LogP contribution in [0.2, 0.25) is 0 Å². The van der Waals surface area contributed by atoms with E-state index < -0.39 is 22.7 Å². The largest absolute Gasteiger partial charge is 0.454 e. The molecule has 1 saturated carbocycles. The number of rotatable bonds is 1. The first-order valence-corrected chi connectivity index (χ1v) is 7.94. The van der Waals surface area contributed by atoms with Crippen LogP contribution in [0.4, 0.5) is 0 Å². The van der Waals surface area contributed by atoms with Crippen molar-refractivity contribution in [3.05, 3.63) is 23.8 Å². The first-order valence-electron chi connectivity index (χ1n) is 7.94. The lowest BCUT2D eigenvalue weighted by Crippen LogP contribution is -2.39. The normalized spacial score (nSPS) is 42.6. The van der Waals surface area contributed by atoms with Gasteiger partial charge in [-0.15, -0.1) is 0 Å². The molecule has 1 aromatic rings. The van der Waals surface area contributed by atoms with Gasteiger partial charge in [0.2, 0.25) is 6.79 Å². The van der Waals surface area contributed by atoms with Crippen LogP contribution in [0.5, 0.6) is 11.5 Å². The molecule has 2 N–H and O–H groups in total. The summed E-state index contributed by atoms with van der Waals surface area (Å²) < 4.78 is 22.4. The van der Waals surface area contributed by atoms with Gasteiger partial charge in [-0.05, 0) is 24.6 Å². The number of ether oxygens (including phenoxy) is 4. The predicted octanol–water partition coefficient (Wildman–Crippen LogP) is 0.992. The Morgan fingerprint density at radius 3 is 2.72 bits per heavy atom. The zero-order chi connectivity index (χ0) is 17.4. The number of nitriles is 2. The van der Waals surface area contributed by atoms with Crippen LogP contribution in [0.3, 0.4) is 0 Å². The monoisotopic (exact) mass is 338 g/mol. The number of benzene rings is 1. The predicted molar refractivity (Wildman–Crippen MR) is 82.3 cm³/mol. The molecule has 4 aliphatic rings. The maximum Gasteiger partial charge on any atom is 0.293 e. The van der Waals surface area contributed by atoms with Gasteiger partial charge in [-0.25, -0.2) is 4.99 Å². The lowest BCUT2D eigenvalue weighted by atomic mass is 9.94. The molecule has 8 heteroatoms. The van der Waals surface area contributed by atoms with Crippen molar-refractivity contribution in [3.63, 3.8) is 0 Å². The summed E-state index contributed by atoms with van der Waals surface area (Å²) in [6, 6.07) is 9.85. The number of fused-ring (bicyclic) bond motifs is 3. The van der Waals surface area contributed by atoms with Gasteiger partial charge in [-0.3, -0.25) is 0 Å². The van der Waals surface area contributed by atoms with Crippen molar-refractivity contribution in [1.29, 1.82) is 10.5 Å². The Hall–Kier alpha value is -2.81. The van der Waals surface area contributed by atoms with E-state index in [0.717, 1.165) is 5.56 Å². The Bertz CT molecular complexity index is 918. The minimum Gasteiger partial charge on any atom is -0.454 e. The Morgan fingerprint density at radius 2 is 2.04 bits per heavy atom. The Morgan fingerprint density at radius 1 is 1.24 bits per heavy atom. The quantitative estimate of drug-likeness (QED) is 0.810. The van der Waals surface area contributed by atoms with E-state index in [1.165, 1.54) is 0 Å². The van der Waals surface area contributed by atoms with Crippen molar-refractivity contribution in [2.24, 2.45) is 21.6 Å². The van der Waals surface area contributed by atoms with E-state index in [-0.39, 0.29) is 25.3 Å². The number of nitrogens with zero attached hydrogens (tertiary/aromatic N) is 3. The minimum atomic E-state index is -1.54. The van der Waals surface area contributed by atoms with Gasteiger partial charge in [0.1, 0.15) is 11.3 Å². The summed E-state index contributed by atoms with van der Waals surface area (Å²) in [5.74, 6) is -0.775. The van der Waals surface area contributed by atoms with Gasteiger partial charge in [-0.1, -0.05) is 6.07 Å². The van der Waals surface area contributed by atoms with Gasteiger partial charge in [0.15, 0.2) is 16.9 Å². The summed E-state index contributed by atoms with van der Waals surface area (Å²) in [5.41, 5.74) is 4.27. The van der Waals surface area contributed by atoms with Gasteiger partial charge < -0.3 is 24.7 Å². The molecule has 2 fully saturated rings. The topological polar surface area (TPSA) is 123 Å². The SMILES string of the molecule is C[C@@H]1CO[C@]2(N=C(N)[C@]3(C#N)[C@@H](c4ccc5c(c4)OCO5)[C@]23C#N)O1. The van der Waals surface area contributed by atoms with Gasteiger partial charge in [0.25, 0.3) is 5.91 Å². The molecule has 5 atom stereocenters. The van der Waals surface area contributed by atoms with Crippen LogP contribution in [0.25, 0.3) is 0 Å². The van der Waals surface area contributed by atoms with Crippen LogP contribution in [0, 0.1) is 33.5 Å². The standard InChI is InChI=1S/C17H14N4O4/c1-9-5-24-17(25-9)16(7-19)13(15(16,6-18)14(20)21-17)10-2-3-11-12(4-10)23-8-22-11/h2-4,9,13H,5,8H2,1H3,(H2,20,21)/t9-,13-,15+,16+,17+/m1/s1. The molecule has 1 saturated heterocycles. The van der Waals surface area contributed by atoms with Gasteiger partial charge >= 0.3 is 0 Å². The van der Waals surface area contributed by atoms with Crippen LogP contribution in [-0.2, 0) is 9.47 Å². The zero-order valence-corrected chi connectivity index (χ0v) is 13.4. The number of aliphatic imine (C=N–C) groups is 1. The second-order valence-electron chi connectivity index (χ2n) is 6.70. The van der Waals surface area contributed by atoms with Crippen molar-refractivity contribution < 1.29 is 18.9 Å². The molecule has 3 heterocycles. The van der Waals surface area contributed by atoms with Crippen molar-refractivity contribution in [2.75, 3.05) is 13.4 Å². The highest BCUT2D eigenvalue weighted by atomic mass is 16.8. The molecule has 8 nitrogen and oxygen atoms in total. The van der Waals surface area contributed by atoms with E-state index in [2.05, 4.69) is 17.1 Å². The molecule has 1 aliphatic carbocycles. The summed E-state index contributed by atoms with van der Waals surface area (Å²) in [6.07, 6.45) is -0.241. The maximum absolute atomic E-state index is 10.1. The number of amidine groups is 1. The van der Waals surface area contributed by atoms with Crippen LogP contribution >= 0.6 is 0 Å². The van der Waals surface area contributed by atoms with E-state index >= 15 is 0 Å². The molecule has 0 aromatic heterocycles. The van der Waals surface area contributed by atoms with Crippen molar-refractivity contribution >= 4 is 5.84 Å². The molecule has 126 valence electrons. The van der Waals surface area contributed by atoms with Crippen molar-refractivity contribution in [3.8, 4) is 23.6 Å². The highest BCUT2D eigenvalue weighted by Gasteiger charge is 2.94. The molecule has 1 aromatic carbocycles. The molecule has 0 unspecified atom stereocenters. The molecule has 25 heavy (non-hydrogen) atoms. The Labute approximate surface area is 143 Å². The number of nitrogens with two attached hydrogens (primary N) is 1. The summed E-state index contributed by atoms with van der Waals surface area (Å²) in [4.78, 5) is 4.28. The van der Waals surface area contributed by atoms with Crippen LogP contribution in [0.15, 0.2) is 23.2 Å². The van der Waals surface area contributed by atoms with E-state index in [4.69, 9.17) is 24.7 Å². The first kappa shape index (κ1) is 14.5. The third-order valence-electron chi connectivity index (χ3n) is 5.53. The van der Waals surface area contributed by atoms with Gasteiger partial charge in [0, 0.05) is 5.92 Å². The highest BCUT2D eigenvalue weighted by molar-refractivity contribution is 6.00.